The number of hydrogen-bond acceptors (Lipinski definition) is 2. The van der Waals surface area contributed by atoms with Gasteiger partial charge in [-0.1, -0.05) is 49.1 Å². The third-order valence-electron chi connectivity index (χ3n) is 4.30. The van der Waals surface area contributed by atoms with Crippen molar-refractivity contribution in [3.8, 4) is 0 Å². The summed E-state index contributed by atoms with van der Waals surface area (Å²) in [5.74, 6) is -0.277. The van der Waals surface area contributed by atoms with Gasteiger partial charge in [0.25, 0.3) is 0 Å². The van der Waals surface area contributed by atoms with Crippen LogP contribution in [0.2, 0.25) is 5.02 Å². The zero-order valence-electron chi connectivity index (χ0n) is 13.3. The first kappa shape index (κ1) is 17.8. The van der Waals surface area contributed by atoms with E-state index < -0.39 is 5.97 Å². The predicted molar refractivity (Wildman–Crippen MR) is 90.6 cm³/mol. The number of carbonyl (C=O) groups is 2. The van der Waals surface area contributed by atoms with Crippen LogP contribution in [0.3, 0.4) is 0 Å². The lowest BCUT2D eigenvalue weighted by atomic mass is 10.1. The number of carboxylic acid groups (broad SMARTS) is 1. The Labute approximate surface area is 142 Å². The van der Waals surface area contributed by atoms with Crippen LogP contribution in [0.5, 0.6) is 0 Å². The summed E-state index contributed by atoms with van der Waals surface area (Å²) in [4.78, 5) is 22.5. The summed E-state index contributed by atoms with van der Waals surface area (Å²) in [6.07, 6.45) is 5.81. The molecule has 4 nitrogen and oxygen atoms in total. The smallest absolute Gasteiger partial charge is 0.303 e. The summed E-state index contributed by atoms with van der Waals surface area (Å²) in [5, 5.41) is 12.3. The fourth-order valence-electron chi connectivity index (χ4n) is 2.88. The van der Waals surface area contributed by atoms with E-state index in [-0.39, 0.29) is 24.2 Å². The number of carbonyl (C=O) groups excluding carboxylic acids is 1. The second-order valence-corrected chi connectivity index (χ2v) is 6.58. The van der Waals surface area contributed by atoms with Crippen molar-refractivity contribution < 1.29 is 14.7 Å². The van der Waals surface area contributed by atoms with Crippen molar-refractivity contribution in [2.75, 3.05) is 6.54 Å². The molecule has 0 radical (unpaired) electrons. The van der Waals surface area contributed by atoms with Crippen LogP contribution < -0.4 is 5.32 Å². The molecule has 0 spiro atoms. The van der Waals surface area contributed by atoms with Gasteiger partial charge in [-0.25, -0.2) is 0 Å². The fraction of sp³-hybridized carbons (Fsp3) is 0.556. The molecule has 1 saturated carbocycles. The van der Waals surface area contributed by atoms with Crippen LogP contribution in [0.25, 0.3) is 0 Å². The molecule has 5 heteroatoms. The Bertz CT molecular complexity index is 547. The molecule has 1 fully saturated rings. The standard InChI is InChI=1S/C18H24ClNO3/c19-16-9-6-5-8-13(16)14-12-15(14)18(23)20-11-7-3-1-2-4-10-17(21)22/h5-6,8-9,14-15H,1-4,7,10-12H2,(H,20,23)(H,21,22). The van der Waals surface area contributed by atoms with Crippen molar-refractivity contribution in [2.24, 2.45) is 5.92 Å². The maximum Gasteiger partial charge on any atom is 0.303 e. The molecule has 1 amide bonds. The highest BCUT2D eigenvalue weighted by Gasteiger charge is 2.44. The molecule has 1 aliphatic carbocycles. The molecule has 1 aliphatic rings. The Morgan fingerprint density at radius 2 is 1.83 bits per heavy atom. The van der Waals surface area contributed by atoms with E-state index in [1.807, 2.05) is 24.3 Å². The molecule has 2 unspecified atom stereocenters. The van der Waals surface area contributed by atoms with Crippen molar-refractivity contribution in [1.29, 1.82) is 0 Å². The van der Waals surface area contributed by atoms with E-state index in [1.54, 1.807) is 0 Å². The normalized spacial score (nSPS) is 19.3. The van der Waals surface area contributed by atoms with Gasteiger partial charge in [-0.05, 0) is 36.8 Å². The molecule has 1 aromatic rings. The molecule has 2 N–H and O–H groups in total. The summed E-state index contributed by atoms with van der Waals surface area (Å²) in [6.45, 7) is 0.698. The first-order chi connectivity index (χ1) is 11.1. The van der Waals surface area contributed by atoms with Gasteiger partial charge in [0.15, 0.2) is 0 Å². The lowest BCUT2D eigenvalue weighted by Crippen LogP contribution is -2.26. The second kappa shape index (κ2) is 8.92. The number of unbranched alkanes of at least 4 members (excludes halogenated alkanes) is 4. The van der Waals surface area contributed by atoms with Gasteiger partial charge in [0.2, 0.25) is 5.91 Å². The molecule has 0 bridgehead atoms. The largest absolute Gasteiger partial charge is 0.481 e. The van der Waals surface area contributed by atoms with Crippen LogP contribution in [-0.2, 0) is 9.59 Å². The second-order valence-electron chi connectivity index (χ2n) is 6.17. The quantitative estimate of drug-likeness (QED) is 0.634. The van der Waals surface area contributed by atoms with E-state index in [2.05, 4.69) is 5.32 Å². The van der Waals surface area contributed by atoms with Crippen LogP contribution in [0.1, 0.15) is 56.4 Å². The Morgan fingerprint density at radius 1 is 1.13 bits per heavy atom. The topological polar surface area (TPSA) is 66.4 Å². The number of carboxylic acids is 1. The first-order valence-corrected chi connectivity index (χ1v) is 8.71. The summed E-state index contributed by atoms with van der Waals surface area (Å²) >= 11 is 6.17. The van der Waals surface area contributed by atoms with Crippen molar-refractivity contribution in [2.45, 2.75) is 50.9 Å². The Kier molecular flexibility index (Phi) is 6.90. The monoisotopic (exact) mass is 337 g/mol. The zero-order chi connectivity index (χ0) is 16.7. The molecule has 2 atom stereocenters. The molecule has 0 aromatic heterocycles. The SMILES string of the molecule is O=C(O)CCCCCCCNC(=O)C1CC1c1ccccc1Cl. The van der Waals surface area contributed by atoms with Gasteiger partial charge in [-0.15, -0.1) is 0 Å². The number of aliphatic carboxylic acids is 1. The molecule has 0 heterocycles. The van der Waals surface area contributed by atoms with E-state index in [4.69, 9.17) is 16.7 Å². The fourth-order valence-corrected chi connectivity index (χ4v) is 3.15. The lowest BCUT2D eigenvalue weighted by Gasteiger charge is -2.06. The molecule has 0 saturated heterocycles. The highest BCUT2D eigenvalue weighted by Crippen LogP contribution is 2.49. The summed E-state index contributed by atoms with van der Waals surface area (Å²) in [5.41, 5.74) is 1.08. The van der Waals surface area contributed by atoms with E-state index in [1.165, 1.54) is 0 Å². The molecule has 126 valence electrons. The van der Waals surface area contributed by atoms with Crippen molar-refractivity contribution in [3.05, 3.63) is 34.9 Å². The summed E-state index contributed by atoms with van der Waals surface area (Å²) in [7, 11) is 0. The van der Waals surface area contributed by atoms with Crippen molar-refractivity contribution in [1.82, 2.24) is 5.32 Å². The molecular formula is C18H24ClNO3. The van der Waals surface area contributed by atoms with Gasteiger partial charge in [-0.3, -0.25) is 9.59 Å². The number of rotatable bonds is 10. The highest BCUT2D eigenvalue weighted by atomic mass is 35.5. The maximum absolute atomic E-state index is 12.1. The van der Waals surface area contributed by atoms with Crippen LogP contribution in [0.4, 0.5) is 0 Å². The molecule has 1 aromatic carbocycles. The third-order valence-corrected chi connectivity index (χ3v) is 4.64. The number of halogens is 1. The van der Waals surface area contributed by atoms with Gasteiger partial charge in [0, 0.05) is 23.9 Å². The Balaban J connectivity index is 1.55. The highest BCUT2D eigenvalue weighted by molar-refractivity contribution is 6.31. The first-order valence-electron chi connectivity index (χ1n) is 8.33. The van der Waals surface area contributed by atoms with Gasteiger partial charge < -0.3 is 10.4 Å². The van der Waals surface area contributed by atoms with Crippen molar-refractivity contribution >= 4 is 23.5 Å². The predicted octanol–water partition coefficient (Wildman–Crippen LogP) is 3.98. The van der Waals surface area contributed by atoms with E-state index in [0.29, 0.717) is 6.54 Å². The number of amides is 1. The molecule has 23 heavy (non-hydrogen) atoms. The van der Waals surface area contributed by atoms with Crippen LogP contribution >= 0.6 is 11.6 Å². The minimum absolute atomic E-state index is 0.0606. The van der Waals surface area contributed by atoms with Crippen LogP contribution in [0.15, 0.2) is 24.3 Å². The number of nitrogens with one attached hydrogen (secondary N) is 1. The van der Waals surface area contributed by atoms with E-state index in [9.17, 15) is 9.59 Å². The average Bonchev–Trinajstić information content (AvgIpc) is 3.30. The average molecular weight is 338 g/mol. The van der Waals surface area contributed by atoms with Gasteiger partial charge in [-0.2, -0.15) is 0 Å². The van der Waals surface area contributed by atoms with E-state index in [0.717, 1.165) is 49.1 Å². The summed E-state index contributed by atoms with van der Waals surface area (Å²) < 4.78 is 0. The summed E-state index contributed by atoms with van der Waals surface area (Å²) in [6, 6.07) is 7.73. The third kappa shape index (κ3) is 5.87. The van der Waals surface area contributed by atoms with E-state index >= 15 is 0 Å². The van der Waals surface area contributed by atoms with Crippen molar-refractivity contribution in [3.63, 3.8) is 0 Å². The Morgan fingerprint density at radius 3 is 2.57 bits per heavy atom. The minimum Gasteiger partial charge on any atom is -0.481 e. The number of benzene rings is 1. The van der Waals surface area contributed by atoms with Gasteiger partial charge >= 0.3 is 5.97 Å². The van der Waals surface area contributed by atoms with Crippen LogP contribution in [0, 0.1) is 5.92 Å². The number of hydrogen-bond donors (Lipinski definition) is 2. The molecular weight excluding hydrogens is 314 g/mol. The zero-order valence-corrected chi connectivity index (χ0v) is 14.0. The molecule has 0 aliphatic heterocycles. The molecule has 2 rings (SSSR count). The Hall–Kier alpha value is -1.55. The minimum atomic E-state index is -0.727. The van der Waals surface area contributed by atoms with Gasteiger partial charge in [0.1, 0.15) is 0 Å². The van der Waals surface area contributed by atoms with Gasteiger partial charge in [0.05, 0.1) is 0 Å². The lowest BCUT2D eigenvalue weighted by molar-refractivity contribution is -0.137. The van der Waals surface area contributed by atoms with Crippen LogP contribution in [-0.4, -0.2) is 23.5 Å². The maximum atomic E-state index is 12.1.